The molecule has 6 nitrogen and oxygen atoms in total. The van der Waals surface area contributed by atoms with E-state index in [0.717, 1.165) is 0 Å². The maximum Gasteiger partial charge on any atom is 0.258 e. The highest BCUT2D eigenvalue weighted by atomic mass is 32.3. The zero-order valence-corrected chi connectivity index (χ0v) is 9.13. The van der Waals surface area contributed by atoms with Gasteiger partial charge in [0.1, 0.15) is 5.03 Å². The van der Waals surface area contributed by atoms with E-state index >= 15 is 0 Å². The molecule has 0 aromatic carbocycles. The highest BCUT2D eigenvalue weighted by Crippen LogP contribution is 2.39. The van der Waals surface area contributed by atoms with Crippen molar-refractivity contribution in [1.82, 2.24) is 9.97 Å². The van der Waals surface area contributed by atoms with Gasteiger partial charge >= 0.3 is 0 Å². The fraction of sp³-hybridized carbons (Fsp3) is 0.429. The van der Waals surface area contributed by atoms with Crippen molar-refractivity contribution in [3.63, 3.8) is 0 Å². The van der Waals surface area contributed by atoms with Crippen LogP contribution in [0.4, 0.5) is 5.82 Å². The molecule has 0 amide bonds. The van der Waals surface area contributed by atoms with E-state index in [1.165, 1.54) is 19.6 Å². The van der Waals surface area contributed by atoms with E-state index in [-0.39, 0.29) is 0 Å². The zero-order valence-electron chi connectivity index (χ0n) is 8.31. The van der Waals surface area contributed by atoms with Crippen LogP contribution in [0.2, 0.25) is 0 Å². The number of hydrogen-bond acceptors (Lipinski definition) is 6. The van der Waals surface area contributed by atoms with E-state index in [1.54, 1.807) is 7.05 Å². The van der Waals surface area contributed by atoms with Crippen LogP contribution in [-0.2, 0) is 0 Å². The van der Waals surface area contributed by atoms with Gasteiger partial charge in [0.25, 0.3) is 5.88 Å². The minimum atomic E-state index is -2.34. The van der Waals surface area contributed by atoms with Crippen LogP contribution >= 0.6 is 10.5 Å². The molecule has 1 unspecified atom stereocenters. The molecule has 0 aliphatic rings. The van der Waals surface area contributed by atoms with Crippen molar-refractivity contribution >= 4 is 16.3 Å². The van der Waals surface area contributed by atoms with Crippen molar-refractivity contribution in [1.29, 1.82) is 0 Å². The molecular formula is C7H14N4O2S. The lowest BCUT2D eigenvalue weighted by molar-refractivity contribution is 0.393. The number of nitrogens with zero attached hydrogens (tertiary/aromatic N) is 2. The molecule has 0 saturated carbocycles. The topological polar surface area (TPSA) is 93.3 Å². The van der Waals surface area contributed by atoms with Gasteiger partial charge in [0.2, 0.25) is 0 Å². The monoisotopic (exact) mass is 218 g/mol. The molecule has 1 aromatic heterocycles. The summed E-state index contributed by atoms with van der Waals surface area (Å²) in [5.74, 6) is 0.836. The van der Waals surface area contributed by atoms with Crippen LogP contribution in [0, 0.1) is 0 Å². The summed E-state index contributed by atoms with van der Waals surface area (Å²) in [5, 5.41) is 8.69. The van der Waals surface area contributed by atoms with Crippen molar-refractivity contribution in [3.05, 3.63) is 6.20 Å². The van der Waals surface area contributed by atoms with Crippen LogP contribution in [0.15, 0.2) is 11.2 Å². The fourth-order valence-corrected chi connectivity index (χ4v) is 1.40. The first-order valence-electron chi connectivity index (χ1n) is 3.86. The number of aromatic nitrogens is 2. The van der Waals surface area contributed by atoms with Crippen molar-refractivity contribution in [2.75, 3.05) is 25.7 Å². The second-order valence-electron chi connectivity index (χ2n) is 2.75. The molecule has 14 heavy (non-hydrogen) atoms. The SMILES string of the molecule is CNc1ncc(S(C)(N)O)nc1OC. The molecule has 0 bridgehead atoms. The molecule has 7 heteroatoms. The molecule has 1 rings (SSSR count). The van der Waals surface area contributed by atoms with Gasteiger partial charge in [0, 0.05) is 13.3 Å². The zero-order chi connectivity index (χ0) is 10.8. The van der Waals surface area contributed by atoms with Crippen LogP contribution < -0.4 is 15.2 Å². The number of nitrogens with one attached hydrogen (secondary N) is 1. The summed E-state index contributed by atoms with van der Waals surface area (Å²) in [4.78, 5) is 8.06. The molecular weight excluding hydrogens is 204 g/mol. The van der Waals surface area contributed by atoms with Crippen LogP contribution in [0.5, 0.6) is 5.88 Å². The van der Waals surface area contributed by atoms with Gasteiger partial charge < -0.3 is 14.6 Å². The number of rotatable bonds is 3. The van der Waals surface area contributed by atoms with Gasteiger partial charge in [-0.1, -0.05) is 0 Å². The molecule has 4 N–H and O–H groups in total. The average molecular weight is 218 g/mol. The minimum absolute atomic E-state index is 0.322. The molecule has 0 aliphatic heterocycles. The van der Waals surface area contributed by atoms with Gasteiger partial charge in [-0.15, -0.1) is 0 Å². The summed E-state index contributed by atoms with van der Waals surface area (Å²) in [6.45, 7) is 0. The van der Waals surface area contributed by atoms with Crippen LogP contribution in [0.25, 0.3) is 0 Å². The van der Waals surface area contributed by atoms with E-state index in [9.17, 15) is 4.55 Å². The fourth-order valence-electron chi connectivity index (χ4n) is 0.870. The minimum Gasteiger partial charge on any atom is -0.478 e. The van der Waals surface area contributed by atoms with E-state index < -0.39 is 10.5 Å². The summed E-state index contributed by atoms with van der Waals surface area (Å²) < 4.78 is 14.5. The molecule has 1 aromatic rings. The molecule has 80 valence electrons. The lowest BCUT2D eigenvalue weighted by Crippen LogP contribution is -2.11. The van der Waals surface area contributed by atoms with Gasteiger partial charge in [-0.25, -0.2) is 9.97 Å². The molecule has 0 aliphatic carbocycles. The summed E-state index contributed by atoms with van der Waals surface area (Å²) >= 11 is 0. The predicted molar refractivity (Wildman–Crippen MR) is 56.7 cm³/mol. The Morgan fingerprint density at radius 2 is 2.29 bits per heavy atom. The third-order valence-corrected chi connectivity index (χ3v) is 2.62. The Morgan fingerprint density at radius 3 is 2.71 bits per heavy atom. The Morgan fingerprint density at radius 1 is 1.64 bits per heavy atom. The quantitative estimate of drug-likeness (QED) is 0.690. The molecule has 1 atom stereocenters. The standard InChI is InChI=1S/C7H14N4O2S/c1-9-6-7(13-2)11-5(4-10-6)14(3,8)12/h4,12H,8H2,1-3H3,(H,9,10). The summed E-state index contributed by atoms with van der Waals surface area (Å²) in [7, 11) is 0.848. The van der Waals surface area contributed by atoms with Crippen molar-refractivity contribution in [3.8, 4) is 5.88 Å². The molecule has 1 heterocycles. The normalized spacial score (nSPS) is 16.9. The van der Waals surface area contributed by atoms with Gasteiger partial charge in [0.05, 0.1) is 13.3 Å². The lowest BCUT2D eigenvalue weighted by Gasteiger charge is -2.22. The Hall–Kier alpha value is -1.05. The van der Waals surface area contributed by atoms with Gasteiger partial charge in [0.15, 0.2) is 5.82 Å². The number of ether oxygens (including phenoxy) is 1. The summed E-state index contributed by atoms with van der Waals surface area (Å²) in [5.41, 5.74) is 0. The smallest absolute Gasteiger partial charge is 0.258 e. The van der Waals surface area contributed by atoms with Crippen molar-refractivity contribution in [2.45, 2.75) is 5.03 Å². The predicted octanol–water partition coefficient (Wildman–Crippen LogP) is 0.667. The molecule has 0 fully saturated rings. The average Bonchev–Trinajstić information content (AvgIpc) is 2.15. The first-order chi connectivity index (χ1) is 6.49. The van der Waals surface area contributed by atoms with Gasteiger partial charge in [-0.3, -0.25) is 5.14 Å². The van der Waals surface area contributed by atoms with E-state index in [4.69, 9.17) is 9.88 Å². The lowest BCUT2D eigenvalue weighted by atomic mass is 10.6. The van der Waals surface area contributed by atoms with Crippen LogP contribution in [-0.4, -0.2) is 34.9 Å². The maximum atomic E-state index is 9.56. The second kappa shape index (κ2) is 3.99. The molecule has 0 spiro atoms. The first kappa shape index (κ1) is 11.0. The molecule has 0 radical (unpaired) electrons. The van der Waals surface area contributed by atoms with Crippen LogP contribution in [0.1, 0.15) is 0 Å². The Kier molecular flexibility index (Phi) is 3.14. The third-order valence-electron chi connectivity index (χ3n) is 1.57. The number of anilines is 1. The van der Waals surface area contributed by atoms with E-state index in [1.807, 2.05) is 0 Å². The van der Waals surface area contributed by atoms with Gasteiger partial charge in [-0.05, 0) is 10.5 Å². The van der Waals surface area contributed by atoms with Crippen molar-refractivity contribution < 1.29 is 9.29 Å². The second-order valence-corrected chi connectivity index (χ2v) is 5.05. The third kappa shape index (κ3) is 2.25. The van der Waals surface area contributed by atoms with E-state index in [2.05, 4.69) is 15.3 Å². The number of hydrogen-bond donors (Lipinski definition) is 3. The Balaban J connectivity index is 3.14. The Bertz CT molecular complexity index is 326. The first-order valence-corrected chi connectivity index (χ1v) is 5.92. The summed E-state index contributed by atoms with van der Waals surface area (Å²) in [6.07, 6.45) is 2.94. The van der Waals surface area contributed by atoms with Crippen molar-refractivity contribution in [2.24, 2.45) is 5.14 Å². The van der Waals surface area contributed by atoms with Gasteiger partial charge in [-0.2, -0.15) is 0 Å². The summed E-state index contributed by atoms with van der Waals surface area (Å²) in [6, 6.07) is 0. The highest BCUT2D eigenvalue weighted by Gasteiger charge is 2.16. The van der Waals surface area contributed by atoms with Crippen LogP contribution in [0.3, 0.4) is 0 Å². The number of nitrogens with two attached hydrogens (primary N) is 1. The largest absolute Gasteiger partial charge is 0.478 e. The molecule has 0 saturated heterocycles. The Labute approximate surface area is 84.2 Å². The number of methoxy groups -OCH3 is 1. The maximum absolute atomic E-state index is 9.56. The highest BCUT2D eigenvalue weighted by molar-refractivity contribution is 8.26. The van der Waals surface area contributed by atoms with E-state index in [0.29, 0.717) is 16.7 Å².